The van der Waals surface area contributed by atoms with Crippen LogP contribution in [0.4, 0.5) is 0 Å². The van der Waals surface area contributed by atoms with Gasteiger partial charge in [0.25, 0.3) is 0 Å². The van der Waals surface area contributed by atoms with E-state index in [-0.39, 0.29) is 0 Å². The molecule has 1 aromatic heterocycles. The quantitative estimate of drug-likeness (QED) is 0.765. The Morgan fingerprint density at radius 2 is 1.80 bits per heavy atom. The van der Waals surface area contributed by atoms with E-state index in [2.05, 4.69) is 37.5 Å². The lowest BCUT2D eigenvalue weighted by molar-refractivity contribution is 0.239. The minimum atomic E-state index is 0.310. The highest BCUT2D eigenvalue weighted by Crippen LogP contribution is 2.17. The SMILES string of the molecule is CCCC(CCO)Cn1c(C)ccc1C. The van der Waals surface area contributed by atoms with E-state index in [1.807, 2.05) is 0 Å². The van der Waals surface area contributed by atoms with Crippen LogP contribution >= 0.6 is 0 Å². The third-order valence-corrected chi connectivity index (χ3v) is 3.09. The first-order valence-corrected chi connectivity index (χ1v) is 5.92. The van der Waals surface area contributed by atoms with Crippen LogP contribution < -0.4 is 0 Å². The van der Waals surface area contributed by atoms with Crippen molar-refractivity contribution >= 4 is 0 Å². The van der Waals surface area contributed by atoms with Crippen molar-refractivity contribution in [1.82, 2.24) is 4.57 Å². The highest BCUT2D eigenvalue weighted by molar-refractivity contribution is 5.13. The smallest absolute Gasteiger partial charge is 0.0434 e. The molecule has 0 saturated carbocycles. The molecule has 0 saturated heterocycles. The lowest BCUT2D eigenvalue weighted by Crippen LogP contribution is -2.14. The normalized spacial score (nSPS) is 13.1. The van der Waals surface area contributed by atoms with Crippen LogP contribution in [-0.4, -0.2) is 16.3 Å². The van der Waals surface area contributed by atoms with Crippen molar-refractivity contribution in [3.05, 3.63) is 23.5 Å². The van der Waals surface area contributed by atoms with Gasteiger partial charge in [0, 0.05) is 24.5 Å². The molecule has 1 rings (SSSR count). The summed E-state index contributed by atoms with van der Waals surface area (Å²) >= 11 is 0. The fourth-order valence-electron chi connectivity index (χ4n) is 2.16. The van der Waals surface area contributed by atoms with Gasteiger partial charge >= 0.3 is 0 Å². The van der Waals surface area contributed by atoms with Gasteiger partial charge in [-0.25, -0.2) is 0 Å². The first-order chi connectivity index (χ1) is 7.19. The number of aryl methyl sites for hydroxylation is 2. The van der Waals surface area contributed by atoms with E-state index in [1.165, 1.54) is 24.2 Å². The van der Waals surface area contributed by atoms with Crippen LogP contribution in [0.2, 0.25) is 0 Å². The molecule has 2 heteroatoms. The molecule has 0 radical (unpaired) electrons. The Labute approximate surface area is 92.9 Å². The predicted octanol–water partition coefficient (Wildman–Crippen LogP) is 2.90. The van der Waals surface area contributed by atoms with Crippen molar-refractivity contribution in [2.24, 2.45) is 5.92 Å². The van der Waals surface area contributed by atoms with Gasteiger partial charge in [-0.1, -0.05) is 13.3 Å². The Hall–Kier alpha value is -0.760. The molecule has 1 heterocycles. The first kappa shape index (κ1) is 12.3. The van der Waals surface area contributed by atoms with Crippen LogP contribution in [0.1, 0.15) is 37.6 Å². The number of aromatic nitrogens is 1. The van der Waals surface area contributed by atoms with E-state index in [9.17, 15) is 0 Å². The fraction of sp³-hybridized carbons (Fsp3) is 0.692. The van der Waals surface area contributed by atoms with E-state index in [0.29, 0.717) is 12.5 Å². The second-order valence-electron chi connectivity index (χ2n) is 4.39. The van der Waals surface area contributed by atoms with Gasteiger partial charge in [-0.3, -0.25) is 0 Å². The van der Waals surface area contributed by atoms with Crippen LogP contribution in [0, 0.1) is 19.8 Å². The maximum atomic E-state index is 9.02. The number of hydrogen-bond acceptors (Lipinski definition) is 1. The maximum absolute atomic E-state index is 9.02. The zero-order valence-electron chi connectivity index (χ0n) is 10.2. The summed E-state index contributed by atoms with van der Waals surface area (Å²) in [7, 11) is 0. The number of aliphatic hydroxyl groups excluding tert-OH is 1. The summed E-state index contributed by atoms with van der Waals surface area (Å²) in [5.74, 6) is 0.616. The number of nitrogens with zero attached hydrogens (tertiary/aromatic N) is 1. The van der Waals surface area contributed by atoms with E-state index >= 15 is 0 Å². The molecule has 0 aliphatic rings. The van der Waals surface area contributed by atoms with E-state index in [4.69, 9.17) is 5.11 Å². The number of hydrogen-bond donors (Lipinski definition) is 1. The molecule has 2 nitrogen and oxygen atoms in total. The molecule has 1 atom stereocenters. The molecule has 0 aliphatic carbocycles. The van der Waals surface area contributed by atoms with Crippen LogP contribution in [0.25, 0.3) is 0 Å². The standard InChI is InChI=1S/C13H23NO/c1-4-5-13(8-9-15)10-14-11(2)6-7-12(14)3/h6-7,13,15H,4-5,8-10H2,1-3H3. The molecule has 0 aromatic carbocycles. The molecule has 0 fully saturated rings. The minimum Gasteiger partial charge on any atom is -0.396 e. The van der Waals surface area contributed by atoms with Crippen molar-refractivity contribution in [3.63, 3.8) is 0 Å². The lowest BCUT2D eigenvalue weighted by atomic mass is 10.00. The van der Waals surface area contributed by atoms with Gasteiger partial charge in [-0.15, -0.1) is 0 Å². The molecular formula is C13H23NO. The lowest BCUT2D eigenvalue weighted by Gasteiger charge is -2.18. The molecule has 0 bridgehead atoms. The fourth-order valence-corrected chi connectivity index (χ4v) is 2.16. The van der Waals surface area contributed by atoms with Crippen molar-refractivity contribution < 1.29 is 5.11 Å². The second-order valence-corrected chi connectivity index (χ2v) is 4.39. The zero-order valence-corrected chi connectivity index (χ0v) is 10.2. The summed E-state index contributed by atoms with van der Waals surface area (Å²) in [5, 5.41) is 9.02. The average Bonchev–Trinajstić information content (AvgIpc) is 2.50. The van der Waals surface area contributed by atoms with Gasteiger partial charge in [0.05, 0.1) is 0 Å². The molecular weight excluding hydrogens is 186 g/mol. The molecule has 86 valence electrons. The van der Waals surface area contributed by atoms with E-state index in [0.717, 1.165) is 13.0 Å². The summed E-state index contributed by atoms with van der Waals surface area (Å²) in [5.41, 5.74) is 2.65. The zero-order chi connectivity index (χ0) is 11.3. The summed E-state index contributed by atoms with van der Waals surface area (Å²) < 4.78 is 2.36. The highest BCUT2D eigenvalue weighted by atomic mass is 16.3. The second kappa shape index (κ2) is 5.96. The minimum absolute atomic E-state index is 0.310. The van der Waals surface area contributed by atoms with Crippen LogP contribution in [0.5, 0.6) is 0 Å². The van der Waals surface area contributed by atoms with E-state index < -0.39 is 0 Å². The highest BCUT2D eigenvalue weighted by Gasteiger charge is 2.10. The van der Waals surface area contributed by atoms with Gasteiger partial charge in [0.1, 0.15) is 0 Å². The van der Waals surface area contributed by atoms with Gasteiger partial charge in [0.15, 0.2) is 0 Å². The van der Waals surface area contributed by atoms with Gasteiger partial charge < -0.3 is 9.67 Å². The van der Waals surface area contributed by atoms with Crippen LogP contribution in [0.3, 0.4) is 0 Å². The van der Waals surface area contributed by atoms with Crippen LogP contribution in [0.15, 0.2) is 12.1 Å². The van der Waals surface area contributed by atoms with Crippen LogP contribution in [-0.2, 0) is 6.54 Å². The molecule has 15 heavy (non-hydrogen) atoms. The summed E-state index contributed by atoms with van der Waals surface area (Å²) in [6.45, 7) is 7.87. The van der Waals surface area contributed by atoms with Crippen molar-refractivity contribution in [3.8, 4) is 0 Å². The Morgan fingerprint density at radius 3 is 2.27 bits per heavy atom. The monoisotopic (exact) mass is 209 g/mol. The van der Waals surface area contributed by atoms with Crippen molar-refractivity contribution in [2.75, 3.05) is 6.61 Å². The topological polar surface area (TPSA) is 25.2 Å². The van der Waals surface area contributed by atoms with Gasteiger partial charge in [-0.2, -0.15) is 0 Å². The number of rotatable bonds is 6. The summed E-state index contributed by atoms with van der Waals surface area (Å²) in [6.07, 6.45) is 3.33. The Balaban J connectivity index is 2.64. The molecule has 1 N–H and O–H groups in total. The largest absolute Gasteiger partial charge is 0.396 e. The Kier molecular flexibility index (Phi) is 4.89. The molecule has 0 spiro atoms. The molecule has 0 aliphatic heterocycles. The third kappa shape index (κ3) is 3.38. The Morgan fingerprint density at radius 1 is 1.20 bits per heavy atom. The predicted molar refractivity (Wildman–Crippen MR) is 64.0 cm³/mol. The first-order valence-electron chi connectivity index (χ1n) is 5.92. The maximum Gasteiger partial charge on any atom is 0.0434 e. The number of aliphatic hydroxyl groups is 1. The molecule has 1 unspecified atom stereocenters. The Bertz CT molecular complexity index is 265. The average molecular weight is 209 g/mol. The molecule has 0 amide bonds. The summed E-state index contributed by atoms with van der Waals surface area (Å²) in [4.78, 5) is 0. The van der Waals surface area contributed by atoms with E-state index in [1.54, 1.807) is 0 Å². The molecule has 1 aromatic rings. The van der Waals surface area contributed by atoms with Crippen molar-refractivity contribution in [1.29, 1.82) is 0 Å². The third-order valence-electron chi connectivity index (χ3n) is 3.09. The summed E-state index contributed by atoms with van der Waals surface area (Å²) in [6, 6.07) is 4.33. The van der Waals surface area contributed by atoms with Gasteiger partial charge in [-0.05, 0) is 44.7 Å². The van der Waals surface area contributed by atoms with Gasteiger partial charge in [0.2, 0.25) is 0 Å². The van der Waals surface area contributed by atoms with Crippen molar-refractivity contribution in [2.45, 2.75) is 46.6 Å².